The SMILES string of the molecule is O=C(CNC(=O)c1cccnc1)N=Nc1c(O)[nH]c2ccccc12. The van der Waals surface area contributed by atoms with E-state index in [1.165, 1.54) is 6.20 Å². The summed E-state index contributed by atoms with van der Waals surface area (Å²) in [5, 5.41) is 20.2. The average molecular weight is 323 g/mol. The molecule has 0 atom stereocenters. The summed E-state index contributed by atoms with van der Waals surface area (Å²) in [4.78, 5) is 30.1. The molecule has 8 heteroatoms. The number of hydrogen-bond donors (Lipinski definition) is 3. The van der Waals surface area contributed by atoms with Crippen LogP contribution in [0.2, 0.25) is 0 Å². The minimum atomic E-state index is -0.642. The fraction of sp³-hybridized carbons (Fsp3) is 0.0625. The van der Waals surface area contributed by atoms with E-state index in [-0.39, 0.29) is 18.1 Å². The third-order valence-corrected chi connectivity index (χ3v) is 3.24. The summed E-state index contributed by atoms with van der Waals surface area (Å²) in [7, 11) is 0. The zero-order valence-corrected chi connectivity index (χ0v) is 12.4. The van der Waals surface area contributed by atoms with Crippen LogP contribution < -0.4 is 5.32 Å². The van der Waals surface area contributed by atoms with Crippen LogP contribution in [-0.2, 0) is 4.79 Å². The number of aromatic hydroxyl groups is 1. The molecule has 0 bridgehead atoms. The Kier molecular flexibility index (Phi) is 4.28. The zero-order chi connectivity index (χ0) is 16.9. The highest BCUT2D eigenvalue weighted by molar-refractivity contribution is 5.96. The minimum Gasteiger partial charge on any atom is -0.493 e. The predicted molar refractivity (Wildman–Crippen MR) is 86.1 cm³/mol. The Bertz CT molecular complexity index is 918. The van der Waals surface area contributed by atoms with Gasteiger partial charge >= 0.3 is 0 Å². The van der Waals surface area contributed by atoms with Gasteiger partial charge in [0.15, 0.2) is 5.69 Å². The van der Waals surface area contributed by atoms with Crippen LogP contribution in [0.25, 0.3) is 10.9 Å². The molecule has 2 heterocycles. The lowest BCUT2D eigenvalue weighted by molar-refractivity contribution is -0.117. The van der Waals surface area contributed by atoms with E-state index < -0.39 is 11.8 Å². The fourth-order valence-corrected chi connectivity index (χ4v) is 2.11. The van der Waals surface area contributed by atoms with Crippen LogP contribution in [0, 0.1) is 0 Å². The number of nitrogens with one attached hydrogen (secondary N) is 2. The fourth-order valence-electron chi connectivity index (χ4n) is 2.11. The molecule has 2 amide bonds. The van der Waals surface area contributed by atoms with Crippen LogP contribution >= 0.6 is 0 Å². The van der Waals surface area contributed by atoms with Crippen LogP contribution in [-0.4, -0.2) is 33.4 Å². The van der Waals surface area contributed by atoms with Gasteiger partial charge in [0, 0.05) is 17.8 Å². The minimum absolute atomic E-state index is 0.174. The largest absolute Gasteiger partial charge is 0.493 e. The van der Waals surface area contributed by atoms with Gasteiger partial charge in [0.05, 0.1) is 11.1 Å². The Balaban J connectivity index is 1.65. The molecule has 1 aromatic carbocycles. The molecule has 0 radical (unpaired) electrons. The van der Waals surface area contributed by atoms with Crippen molar-refractivity contribution < 1.29 is 14.7 Å². The number of azo groups is 1. The molecule has 0 aliphatic heterocycles. The van der Waals surface area contributed by atoms with Crippen molar-refractivity contribution in [3.05, 3.63) is 54.4 Å². The summed E-state index contributed by atoms with van der Waals surface area (Å²) in [5.41, 5.74) is 1.20. The van der Waals surface area contributed by atoms with Crippen LogP contribution in [0.15, 0.2) is 59.0 Å². The van der Waals surface area contributed by atoms with Crippen molar-refractivity contribution in [3.8, 4) is 5.88 Å². The van der Waals surface area contributed by atoms with Gasteiger partial charge in [-0.3, -0.25) is 14.6 Å². The van der Waals surface area contributed by atoms with E-state index in [2.05, 4.69) is 25.5 Å². The number of aromatic amines is 1. The van der Waals surface area contributed by atoms with Crippen molar-refractivity contribution in [1.82, 2.24) is 15.3 Å². The molecule has 0 unspecified atom stereocenters. The maximum absolute atomic E-state index is 11.8. The number of hydrogen-bond acceptors (Lipinski definition) is 5. The Morgan fingerprint density at radius 2 is 2.04 bits per heavy atom. The standard InChI is InChI=1S/C16H13N5O3/c22-13(9-18-15(23)10-4-3-7-17-8-10)20-21-14-11-5-1-2-6-12(11)19-16(14)24/h1-8,19,24H,9H2,(H,18,23). The first-order chi connectivity index (χ1) is 11.6. The van der Waals surface area contributed by atoms with Crippen molar-refractivity contribution in [2.75, 3.05) is 6.54 Å². The first kappa shape index (κ1) is 15.3. The zero-order valence-electron chi connectivity index (χ0n) is 12.4. The number of amides is 2. The molecule has 3 aromatic rings. The molecule has 0 spiro atoms. The molecule has 3 N–H and O–H groups in total. The lowest BCUT2D eigenvalue weighted by Gasteiger charge is -2.01. The number of benzene rings is 1. The summed E-state index contributed by atoms with van der Waals surface area (Å²) in [6, 6.07) is 10.3. The van der Waals surface area contributed by atoms with E-state index in [9.17, 15) is 14.7 Å². The Morgan fingerprint density at radius 3 is 2.83 bits per heavy atom. The summed E-state index contributed by atoms with van der Waals surface area (Å²) >= 11 is 0. The van der Waals surface area contributed by atoms with E-state index in [1.807, 2.05) is 0 Å². The van der Waals surface area contributed by atoms with Crippen molar-refractivity contribution in [2.45, 2.75) is 0 Å². The van der Waals surface area contributed by atoms with Crippen molar-refractivity contribution in [2.24, 2.45) is 10.2 Å². The number of H-pyrrole nitrogens is 1. The van der Waals surface area contributed by atoms with Crippen LogP contribution in [0.3, 0.4) is 0 Å². The van der Waals surface area contributed by atoms with Crippen molar-refractivity contribution >= 4 is 28.4 Å². The normalized spacial score (nSPS) is 11.0. The van der Waals surface area contributed by atoms with E-state index in [0.717, 1.165) is 0 Å². The van der Waals surface area contributed by atoms with Gasteiger partial charge in [0.25, 0.3) is 11.8 Å². The summed E-state index contributed by atoms with van der Waals surface area (Å²) in [6.07, 6.45) is 2.94. The number of aromatic nitrogens is 2. The number of nitrogens with zero attached hydrogens (tertiary/aromatic N) is 3. The van der Waals surface area contributed by atoms with E-state index in [0.29, 0.717) is 16.5 Å². The molecule has 24 heavy (non-hydrogen) atoms. The summed E-state index contributed by atoms with van der Waals surface area (Å²) in [5.74, 6) is -1.24. The molecule has 0 aliphatic carbocycles. The molecule has 0 aliphatic rings. The van der Waals surface area contributed by atoms with E-state index >= 15 is 0 Å². The van der Waals surface area contributed by atoms with Crippen LogP contribution in [0.1, 0.15) is 10.4 Å². The lowest BCUT2D eigenvalue weighted by atomic mass is 10.2. The second-order valence-electron chi connectivity index (χ2n) is 4.89. The predicted octanol–water partition coefficient (Wildman–Crippen LogP) is 2.31. The molecular weight excluding hydrogens is 310 g/mol. The maximum atomic E-state index is 11.8. The molecule has 3 rings (SSSR count). The topological polar surface area (TPSA) is 120 Å². The van der Waals surface area contributed by atoms with Crippen molar-refractivity contribution in [3.63, 3.8) is 0 Å². The van der Waals surface area contributed by atoms with Gasteiger partial charge in [0.2, 0.25) is 5.88 Å². The highest BCUT2D eigenvalue weighted by Crippen LogP contribution is 2.35. The summed E-state index contributed by atoms with van der Waals surface area (Å²) < 4.78 is 0. The monoisotopic (exact) mass is 323 g/mol. The van der Waals surface area contributed by atoms with Crippen LogP contribution in [0.5, 0.6) is 5.88 Å². The molecule has 0 saturated heterocycles. The van der Waals surface area contributed by atoms with Gasteiger partial charge < -0.3 is 15.4 Å². The van der Waals surface area contributed by atoms with Gasteiger partial charge in [-0.25, -0.2) is 0 Å². The van der Waals surface area contributed by atoms with Gasteiger partial charge in [0.1, 0.15) is 6.54 Å². The van der Waals surface area contributed by atoms with Gasteiger partial charge in [-0.15, -0.1) is 10.2 Å². The average Bonchev–Trinajstić information content (AvgIpc) is 2.93. The number of pyridine rings is 1. The number of para-hydroxylation sites is 1. The number of carbonyl (C=O) groups is 2. The Hall–Kier alpha value is -3.55. The molecule has 2 aromatic heterocycles. The third-order valence-electron chi connectivity index (χ3n) is 3.24. The second-order valence-corrected chi connectivity index (χ2v) is 4.89. The highest BCUT2D eigenvalue weighted by Gasteiger charge is 2.11. The number of rotatable bonds is 4. The van der Waals surface area contributed by atoms with Gasteiger partial charge in [-0.1, -0.05) is 18.2 Å². The molecule has 0 fully saturated rings. The molecule has 0 saturated carbocycles. The summed E-state index contributed by atoms with van der Waals surface area (Å²) in [6.45, 7) is -0.305. The molecule has 120 valence electrons. The van der Waals surface area contributed by atoms with Gasteiger partial charge in [-0.2, -0.15) is 0 Å². The lowest BCUT2D eigenvalue weighted by Crippen LogP contribution is -2.28. The van der Waals surface area contributed by atoms with E-state index in [4.69, 9.17) is 0 Å². The molecule has 8 nitrogen and oxygen atoms in total. The smallest absolute Gasteiger partial charge is 0.283 e. The highest BCUT2D eigenvalue weighted by atomic mass is 16.3. The molecular formula is C16H13N5O3. The van der Waals surface area contributed by atoms with Crippen molar-refractivity contribution in [1.29, 1.82) is 0 Å². The Morgan fingerprint density at radius 1 is 1.21 bits per heavy atom. The van der Waals surface area contributed by atoms with E-state index in [1.54, 1.807) is 42.6 Å². The Labute approximate surface area is 136 Å². The quantitative estimate of drug-likeness (QED) is 0.638. The first-order valence-electron chi connectivity index (χ1n) is 7.07. The third kappa shape index (κ3) is 3.27. The number of fused-ring (bicyclic) bond motifs is 1. The van der Waals surface area contributed by atoms with Crippen LogP contribution in [0.4, 0.5) is 5.69 Å². The number of carbonyl (C=O) groups excluding carboxylic acids is 2. The maximum Gasteiger partial charge on any atom is 0.283 e. The first-order valence-corrected chi connectivity index (χ1v) is 7.07. The van der Waals surface area contributed by atoms with Gasteiger partial charge in [-0.05, 0) is 18.2 Å². The second kappa shape index (κ2) is 6.69.